The van der Waals surface area contributed by atoms with E-state index in [0.29, 0.717) is 5.92 Å². The van der Waals surface area contributed by atoms with Gasteiger partial charge in [0.15, 0.2) is 0 Å². The summed E-state index contributed by atoms with van der Waals surface area (Å²) in [5.74, 6) is 0.684. The second-order valence-corrected chi connectivity index (χ2v) is 6.53. The maximum atomic E-state index is 10.2. The highest BCUT2D eigenvalue weighted by molar-refractivity contribution is 5.33. The van der Waals surface area contributed by atoms with Gasteiger partial charge in [0.1, 0.15) is 0 Å². The quantitative estimate of drug-likeness (QED) is 0.902. The fourth-order valence-corrected chi connectivity index (χ4v) is 3.32. The fraction of sp³-hybridized carbons (Fsp3) is 0.647. The second kappa shape index (κ2) is 5.26. The molecule has 1 N–H and O–H groups in total. The van der Waals surface area contributed by atoms with Gasteiger partial charge < -0.3 is 10.0 Å². The molecule has 0 bridgehead atoms. The summed E-state index contributed by atoms with van der Waals surface area (Å²) in [6.45, 7) is 2.42. The second-order valence-electron chi connectivity index (χ2n) is 6.53. The van der Waals surface area contributed by atoms with Crippen molar-refractivity contribution in [2.75, 3.05) is 20.1 Å². The van der Waals surface area contributed by atoms with Crippen LogP contribution in [0.2, 0.25) is 0 Å². The van der Waals surface area contributed by atoms with E-state index in [4.69, 9.17) is 0 Å². The molecule has 1 aromatic rings. The highest BCUT2D eigenvalue weighted by atomic mass is 16.3. The minimum absolute atomic E-state index is 0.377. The van der Waals surface area contributed by atoms with E-state index >= 15 is 0 Å². The molecule has 1 aliphatic carbocycles. The average molecular weight is 259 g/mol. The number of hydrogen-bond donors (Lipinski definition) is 1. The van der Waals surface area contributed by atoms with E-state index in [1.54, 1.807) is 0 Å². The Bertz CT molecular complexity index is 439. The minimum atomic E-state index is -0.377. The Kier molecular flexibility index (Phi) is 3.64. The van der Waals surface area contributed by atoms with Crippen LogP contribution in [0.3, 0.4) is 0 Å². The van der Waals surface area contributed by atoms with Crippen molar-refractivity contribution < 1.29 is 5.11 Å². The zero-order valence-electron chi connectivity index (χ0n) is 11.9. The van der Waals surface area contributed by atoms with E-state index < -0.39 is 0 Å². The van der Waals surface area contributed by atoms with Crippen LogP contribution in [0.15, 0.2) is 24.3 Å². The van der Waals surface area contributed by atoms with Crippen LogP contribution in [-0.4, -0.2) is 35.7 Å². The summed E-state index contributed by atoms with van der Waals surface area (Å²) >= 11 is 0. The van der Waals surface area contributed by atoms with Crippen molar-refractivity contribution in [2.24, 2.45) is 0 Å². The highest BCUT2D eigenvalue weighted by Gasteiger charge is 2.40. The van der Waals surface area contributed by atoms with Gasteiger partial charge in [-0.25, -0.2) is 0 Å². The first kappa shape index (κ1) is 13.1. The molecule has 0 amide bonds. The third-order valence-corrected chi connectivity index (χ3v) is 4.79. The van der Waals surface area contributed by atoms with Crippen LogP contribution in [0.25, 0.3) is 0 Å². The Morgan fingerprint density at radius 2 is 2.00 bits per heavy atom. The Balaban J connectivity index is 1.79. The smallest absolute Gasteiger partial charge is 0.0690 e. The van der Waals surface area contributed by atoms with Crippen LogP contribution in [0, 0.1) is 0 Å². The zero-order valence-corrected chi connectivity index (χ0v) is 11.9. The predicted octanol–water partition coefficient (Wildman–Crippen LogP) is 2.95. The third kappa shape index (κ3) is 3.18. The number of aliphatic hydroxyl groups is 1. The summed E-state index contributed by atoms with van der Waals surface area (Å²) in [7, 11) is 2.22. The van der Waals surface area contributed by atoms with Crippen LogP contribution in [0.4, 0.5) is 0 Å². The Labute approximate surface area is 116 Å². The molecule has 1 heterocycles. The van der Waals surface area contributed by atoms with E-state index in [9.17, 15) is 5.11 Å². The molecule has 1 saturated heterocycles. The zero-order chi connectivity index (χ0) is 13.3. The molecule has 104 valence electrons. The molecule has 0 spiro atoms. The molecule has 1 atom stereocenters. The number of nitrogens with zero attached hydrogens (tertiary/aromatic N) is 1. The van der Waals surface area contributed by atoms with Crippen LogP contribution < -0.4 is 0 Å². The first-order chi connectivity index (χ1) is 9.16. The van der Waals surface area contributed by atoms with Gasteiger partial charge in [-0.05, 0) is 69.3 Å². The normalized spacial score (nSPS) is 26.9. The molecule has 19 heavy (non-hydrogen) atoms. The van der Waals surface area contributed by atoms with Crippen molar-refractivity contribution in [3.63, 3.8) is 0 Å². The lowest BCUT2D eigenvalue weighted by Gasteiger charge is -2.20. The van der Waals surface area contributed by atoms with Gasteiger partial charge in [-0.3, -0.25) is 0 Å². The van der Waals surface area contributed by atoms with Gasteiger partial charge in [0.05, 0.1) is 5.60 Å². The molecule has 2 aliphatic rings. The van der Waals surface area contributed by atoms with Crippen molar-refractivity contribution in [3.8, 4) is 0 Å². The molecule has 2 heteroatoms. The van der Waals surface area contributed by atoms with Crippen molar-refractivity contribution in [1.29, 1.82) is 0 Å². The molecular weight excluding hydrogens is 234 g/mol. The molecular formula is C17H25NO. The number of hydrogen-bond acceptors (Lipinski definition) is 2. The van der Waals surface area contributed by atoms with E-state index in [-0.39, 0.29) is 5.60 Å². The van der Waals surface area contributed by atoms with Gasteiger partial charge in [0.2, 0.25) is 0 Å². The van der Waals surface area contributed by atoms with Gasteiger partial charge in [-0.2, -0.15) is 0 Å². The largest absolute Gasteiger partial charge is 0.390 e. The number of benzene rings is 1. The summed E-state index contributed by atoms with van der Waals surface area (Å²) in [6.07, 6.45) is 6.66. The standard InChI is InChI=1S/C17H25NO/c1-18-11-4-6-14(8-12-18)16-7-3-2-5-15(16)13-17(19)9-10-17/h2-3,5,7,14,19H,4,6,8-13H2,1H3. The van der Waals surface area contributed by atoms with E-state index in [1.807, 2.05) is 0 Å². The van der Waals surface area contributed by atoms with Crippen LogP contribution in [0.1, 0.15) is 49.1 Å². The molecule has 0 aromatic heterocycles. The van der Waals surface area contributed by atoms with Crippen molar-refractivity contribution in [1.82, 2.24) is 4.90 Å². The molecule has 1 aliphatic heterocycles. The first-order valence-electron chi connectivity index (χ1n) is 7.65. The van der Waals surface area contributed by atoms with Crippen LogP contribution >= 0.6 is 0 Å². The summed E-state index contributed by atoms with van der Waals surface area (Å²) in [5.41, 5.74) is 2.51. The number of rotatable bonds is 3. The maximum Gasteiger partial charge on any atom is 0.0690 e. The van der Waals surface area contributed by atoms with Gasteiger partial charge >= 0.3 is 0 Å². The molecule has 1 saturated carbocycles. The SMILES string of the molecule is CN1CCCC(c2ccccc2CC2(O)CC2)CC1. The lowest BCUT2D eigenvalue weighted by molar-refractivity contribution is 0.150. The molecule has 1 unspecified atom stereocenters. The fourth-order valence-electron chi connectivity index (χ4n) is 3.32. The van der Waals surface area contributed by atoms with Gasteiger partial charge in [0.25, 0.3) is 0 Å². The average Bonchev–Trinajstić information content (AvgIpc) is 3.15. The van der Waals surface area contributed by atoms with E-state index in [1.165, 1.54) is 43.5 Å². The Morgan fingerprint density at radius 3 is 2.79 bits per heavy atom. The predicted molar refractivity (Wildman–Crippen MR) is 78.4 cm³/mol. The third-order valence-electron chi connectivity index (χ3n) is 4.79. The molecule has 2 fully saturated rings. The number of likely N-dealkylation sites (tertiary alicyclic amines) is 1. The summed E-state index contributed by atoms with van der Waals surface area (Å²) in [5, 5.41) is 10.2. The minimum Gasteiger partial charge on any atom is -0.390 e. The van der Waals surface area contributed by atoms with Crippen molar-refractivity contribution in [2.45, 2.75) is 50.0 Å². The molecule has 2 nitrogen and oxygen atoms in total. The van der Waals surface area contributed by atoms with Crippen molar-refractivity contribution in [3.05, 3.63) is 35.4 Å². The van der Waals surface area contributed by atoms with Crippen molar-refractivity contribution >= 4 is 0 Å². The van der Waals surface area contributed by atoms with E-state index in [0.717, 1.165) is 19.3 Å². The van der Waals surface area contributed by atoms with E-state index in [2.05, 4.69) is 36.2 Å². The van der Waals surface area contributed by atoms with Crippen LogP contribution in [0.5, 0.6) is 0 Å². The lowest BCUT2D eigenvalue weighted by Crippen LogP contribution is -2.19. The summed E-state index contributed by atoms with van der Waals surface area (Å²) in [6, 6.07) is 8.79. The highest BCUT2D eigenvalue weighted by Crippen LogP contribution is 2.40. The van der Waals surface area contributed by atoms with Gasteiger partial charge in [-0.15, -0.1) is 0 Å². The monoisotopic (exact) mass is 259 g/mol. The lowest BCUT2D eigenvalue weighted by atomic mass is 9.86. The molecule has 0 radical (unpaired) electrons. The Morgan fingerprint density at radius 1 is 1.21 bits per heavy atom. The Hall–Kier alpha value is -0.860. The maximum absolute atomic E-state index is 10.2. The van der Waals surface area contributed by atoms with Gasteiger partial charge in [-0.1, -0.05) is 24.3 Å². The topological polar surface area (TPSA) is 23.5 Å². The summed E-state index contributed by atoms with van der Waals surface area (Å²) in [4.78, 5) is 2.44. The first-order valence-corrected chi connectivity index (χ1v) is 7.65. The van der Waals surface area contributed by atoms with Gasteiger partial charge in [0, 0.05) is 6.42 Å². The molecule has 1 aromatic carbocycles. The van der Waals surface area contributed by atoms with Crippen LogP contribution in [-0.2, 0) is 6.42 Å². The molecule has 3 rings (SSSR count). The summed E-state index contributed by atoms with van der Waals surface area (Å²) < 4.78 is 0.